The molecule has 2 rings (SSSR count). The summed E-state index contributed by atoms with van der Waals surface area (Å²) < 4.78 is 0. The van der Waals surface area contributed by atoms with Crippen molar-refractivity contribution in [3.05, 3.63) is 16.1 Å². The summed E-state index contributed by atoms with van der Waals surface area (Å²) in [6.45, 7) is 10.2. The molecule has 0 amide bonds. The standard InChI is InChI=1S/C16H29N3S/c1-5-8-16(3,10-17-14-6-7-14)11-19(4)9-15-13(2)18-12-20-15/h12,14,17H,5-11H2,1-4H3. The number of nitrogens with one attached hydrogen (secondary N) is 1. The zero-order chi connectivity index (χ0) is 14.6. The molecule has 4 heteroatoms. The summed E-state index contributed by atoms with van der Waals surface area (Å²) in [5.41, 5.74) is 3.53. The maximum atomic E-state index is 4.35. The first-order valence-electron chi connectivity index (χ1n) is 7.83. The van der Waals surface area contributed by atoms with Crippen molar-refractivity contribution in [2.75, 3.05) is 20.1 Å². The average molecular weight is 295 g/mol. The molecule has 1 N–H and O–H groups in total. The highest BCUT2D eigenvalue weighted by Crippen LogP contribution is 2.27. The van der Waals surface area contributed by atoms with E-state index in [1.165, 1.54) is 36.3 Å². The summed E-state index contributed by atoms with van der Waals surface area (Å²) in [6, 6.07) is 0.806. The predicted octanol–water partition coefficient (Wildman–Crippen LogP) is 3.44. The first-order chi connectivity index (χ1) is 9.52. The van der Waals surface area contributed by atoms with E-state index < -0.39 is 0 Å². The fourth-order valence-corrected chi connectivity index (χ4v) is 3.79. The van der Waals surface area contributed by atoms with Gasteiger partial charge in [0.15, 0.2) is 0 Å². The Morgan fingerprint density at radius 1 is 1.50 bits per heavy atom. The highest BCUT2D eigenvalue weighted by Gasteiger charge is 2.29. The third-order valence-corrected chi connectivity index (χ3v) is 5.08. The van der Waals surface area contributed by atoms with Gasteiger partial charge in [-0.05, 0) is 38.6 Å². The molecule has 3 nitrogen and oxygen atoms in total. The Kier molecular flexibility index (Phi) is 5.58. The van der Waals surface area contributed by atoms with Crippen LogP contribution in [-0.2, 0) is 6.54 Å². The number of aryl methyl sites for hydroxylation is 1. The molecular weight excluding hydrogens is 266 g/mol. The molecular formula is C16H29N3S. The number of nitrogens with zero attached hydrogens (tertiary/aromatic N) is 2. The quantitative estimate of drug-likeness (QED) is 0.756. The Hall–Kier alpha value is -0.450. The van der Waals surface area contributed by atoms with Gasteiger partial charge in [0.2, 0.25) is 0 Å². The third kappa shape index (κ3) is 4.83. The van der Waals surface area contributed by atoms with Gasteiger partial charge >= 0.3 is 0 Å². The van der Waals surface area contributed by atoms with Crippen LogP contribution < -0.4 is 5.32 Å². The Labute approximate surface area is 127 Å². The Morgan fingerprint density at radius 2 is 2.25 bits per heavy atom. The van der Waals surface area contributed by atoms with Gasteiger partial charge in [0.25, 0.3) is 0 Å². The van der Waals surface area contributed by atoms with Crippen molar-refractivity contribution < 1.29 is 0 Å². The highest BCUT2D eigenvalue weighted by atomic mass is 32.1. The third-order valence-electron chi connectivity index (χ3n) is 4.16. The summed E-state index contributed by atoms with van der Waals surface area (Å²) in [5.74, 6) is 0. The fourth-order valence-electron chi connectivity index (χ4n) is 2.94. The van der Waals surface area contributed by atoms with E-state index in [1.54, 1.807) is 11.3 Å². The molecule has 1 saturated carbocycles. The van der Waals surface area contributed by atoms with Gasteiger partial charge in [-0.25, -0.2) is 4.98 Å². The van der Waals surface area contributed by atoms with Crippen LogP contribution in [0, 0.1) is 12.3 Å². The van der Waals surface area contributed by atoms with Crippen LogP contribution in [0.5, 0.6) is 0 Å². The Balaban J connectivity index is 1.86. The SMILES string of the molecule is CCCC(C)(CNC1CC1)CN(C)Cc1scnc1C. The van der Waals surface area contributed by atoms with Gasteiger partial charge in [-0.3, -0.25) is 0 Å². The zero-order valence-corrected chi connectivity index (χ0v) is 14.2. The normalized spacial score (nSPS) is 18.4. The van der Waals surface area contributed by atoms with Crippen molar-refractivity contribution >= 4 is 11.3 Å². The molecule has 0 bridgehead atoms. The molecule has 1 heterocycles. The van der Waals surface area contributed by atoms with E-state index in [9.17, 15) is 0 Å². The van der Waals surface area contributed by atoms with Crippen molar-refractivity contribution in [2.24, 2.45) is 5.41 Å². The summed E-state index contributed by atoms with van der Waals surface area (Å²) in [4.78, 5) is 8.22. The van der Waals surface area contributed by atoms with Crippen LogP contribution in [0.1, 0.15) is 50.1 Å². The number of thiazole rings is 1. The van der Waals surface area contributed by atoms with Crippen LogP contribution in [0.25, 0.3) is 0 Å². The molecule has 1 aliphatic carbocycles. The van der Waals surface area contributed by atoms with Crippen LogP contribution >= 0.6 is 11.3 Å². The predicted molar refractivity (Wildman–Crippen MR) is 87.2 cm³/mol. The van der Waals surface area contributed by atoms with E-state index in [-0.39, 0.29) is 0 Å². The fraction of sp³-hybridized carbons (Fsp3) is 0.812. The molecule has 114 valence electrons. The van der Waals surface area contributed by atoms with E-state index in [0.717, 1.165) is 25.7 Å². The van der Waals surface area contributed by atoms with Crippen molar-refractivity contribution in [1.29, 1.82) is 0 Å². The van der Waals surface area contributed by atoms with Crippen molar-refractivity contribution in [2.45, 2.75) is 59.0 Å². The summed E-state index contributed by atoms with van der Waals surface area (Å²) >= 11 is 1.78. The molecule has 1 fully saturated rings. The summed E-state index contributed by atoms with van der Waals surface area (Å²) in [6.07, 6.45) is 5.30. The maximum Gasteiger partial charge on any atom is 0.0798 e. The van der Waals surface area contributed by atoms with Gasteiger partial charge in [0.1, 0.15) is 0 Å². The van der Waals surface area contributed by atoms with Crippen molar-refractivity contribution in [3.8, 4) is 0 Å². The number of rotatable bonds is 9. The lowest BCUT2D eigenvalue weighted by molar-refractivity contribution is 0.168. The molecule has 1 atom stereocenters. The minimum Gasteiger partial charge on any atom is -0.313 e. The van der Waals surface area contributed by atoms with Gasteiger partial charge in [-0.1, -0.05) is 20.3 Å². The van der Waals surface area contributed by atoms with E-state index in [1.807, 2.05) is 5.51 Å². The molecule has 1 unspecified atom stereocenters. The molecule has 0 radical (unpaired) electrons. The molecule has 0 saturated heterocycles. The molecule has 0 spiro atoms. The summed E-state index contributed by atoms with van der Waals surface area (Å²) in [7, 11) is 2.24. The minimum atomic E-state index is 0.380. The molecule has 0 aromatic carbocycles. The molecule has 1 aromatic heterocycles. The van der Waals surface area contributed by atoms with Crippen LogP contribution in [0.3, 0.4) is 0 Å². The first kappa shape index (κ1) is 15.9. The Bertz CT molecular complexity index is 414. The lowest BCUT2D eigenvalue weighted by Crippen LogP contribution is -2.41. The van der Waals surface area contributed by atoms with E-state index in [4.69, 9.17) is 0 Å². The lowest BCUT2D eigenvalue weighted by atomic mass is 9.84. The maximum absolute atomic E-state index is 4.35. The topological polar surface area (TPSA) is 28.2 Å². The van der Waals surface area contributed by atoms with E-state index in [2.05, 4.69) is 43.0 Å². The van der Waals surface area contributed by atoms with Crippen LogP contribution in [-0.4, -0.2) is 36.1 Å². The molecule has 0 aliphatic heterocycles. The Morgan fingerprint density at radius 3 is 2.80 bits per heavy atom. The van der Waals surface area contributed by atoms with E-state index >= 15 is 0 Å². The monoisotopic (exact) mass is 295 g/mol. The number of hydrogen-bond donors (Lipinski definition) is 1. The van der Waals surface area contributed by atoms with Crippen molar-refractivity contribution in [1.82, 2.24) is 15.2 Å². The van der Waals surface area contributed by atoms with Gasteiger partial charge in [0, 0.05) is 30.6 Å². The molecule has 20 heavy (non-hydrogen) atoms. The second-order valence-electron chi connectivity index (χ2n) is 6.75. The number of hydrogen-bond acceptors (Lipinski definition) is 4. The second-order valence-corrected chi connectivity index (χ2v) is 7.69. The van der Waals surface area contributed by atoms with Gasteiger partial charge < -0.3 is 10.2 Å². The zero-order valence-electron chi connectivity index (χ0n) is 13.4. The second kappa shape index (κ2) is 7.01. The highest BCUT2D eigenvalue weighted by molar-refractivity contribution is 7.09. The van der Waals surface area contributed by atoms with Gasteiger partial charge in [-0.2, -0.15) is 0 Å². The van der Waals surface area contributed by atoms with Crippen LogP contribution in [0.4, 0.5) is 0 Å². The number of aromatic nitrogens is 1. The lowest BCUT2D eigenvalue weighted by Gasteiger charge is -2.34. The van der Waals surface area contributed by atoms with Crippen LogP contribution in [0.15, 0.2) is 5.51 Å². The smallest absolute Gasteiger partial charge is 0.0798 e. The minimum absolute atomic E-state index is 0.380. The van der Waals surface area contributed by atoms with E-state index in [0.29, 0.717) is 5.41 Å². The first-order valence-corrected chi connectivity index (χ1v) is 8.71. The molecule has 1 aromatic rings. The van der Waals surface area contributed by atoms with Gasteiger partial charge in [0.05, 0.1) is 11.2 Å². The average Bonchev–Trinajstić information content (AvgIpc) is 3.12. The molecule has 1 aliphatic rings. The van der Waals surface area contributed by atoms with Crippen LogP contribution in [0.2, 0.25) is 0 Å². The summed E-state index contributed by atoms with van der Waals surface area (Å²) in [5, 5.41) is 3.72. The van der Waals surface area contributed by atoms with Gasteiger partial charge in [-0.15, -0.1) is 11.3 Å². The largest absolute Gasteiger partial charge is 0.313 e. The van der Waals surface area contributed by atoms with Crippen molar-refractivity contribution in [3.63, 3.8) is 0 Å².